The SMILES string of the molecule is CCc1cc(C(=O)Nc2ccc(C)c(C)c2)cc(N)n1. The number of anilines is 2. The predicted molar refractivity (Wildman–Crippen MR) is 81.9 cm³/mol. The Balaban J connectivity index is 2.23. The Morgan fingerprint density at radius 2 is 1.95 bits per heavy atom. The summed E-state index contributed by atoms with van der Waals surface area (Å²) in [4.78, 5) is 16.4. The maximum absolute atomic E-state index is 12.2. The van der Waals surface area contributed by atoms with Crippen molar-refractivity contribution in [2.24, 2.45) is 0 Å². The van der Waals surface area contributed by atoms with Crippen molar-refractivity contribution < 1.29 is 4.79 Å². The molecule has 2 rings (SSSR count). The molecule has 0 radical (unpaired) electrons. The van der Waals surface area contributed by atoms with Gasteiger partial charge >= 0.3 is 0 Å². The van der Waals surface area contributed by atoms with E-state index in [0.717, 1.165) is 23.4 Å². The van der Waals surface area contributed by atoms with Crippen molar-refractivity contribution >= 4 is 17.4 Å². The van der Waals surface area contributed by atoms with Crippen LogP contribution in [0.15, 0.2) is 30.3 Å². The summed E-state index contributed by atoms with van der Waals surface area (Å²) in [6, 6.07) is 9.20. The molecule has 0 saturated heterocycles. The Morgan fingerprint density at radius 1 is 1.20 bits per heavy atom. The van der Waals surface area contributed by atoms with Crippen LogP contribution in [0.4, 0.5) is 11.5 Å². The second-order valence-electron chi connectivity index (χ2n) is 4.88. The zero-order valence-corrected chi connectivity index (χ0v) is 12.0. The van der Waals surface area contributed by atoms with Gasteiger partial charge in [-0.1, -0.05) is 13.0 Å². The first-order valence-corrected chi connectivity index (χ1v) is 6.64. The van der Waals surface area contributed by atoms with Gasteiger partial charge in [0.1, 0.15) is 5.82 Å². The van der Waals surface area contributed by atoms with Crippen LogP contribution in [0, 0.1) is 13.8 Å². The van der Waals surface area contributed by atoms with Crippen LogP contribution in [0.5, 0.6) is 0 Å². The maximum Gasteiger partial charge on any atom is 0.255 e. The van der Waals surface area contributed by atoms with Crippen LogP contribution >= 0.6 is 0 Å². The van der Waals surface area contributed by atoms with Gasteiger partial charge in [-0.2, -0.15) is 0 Å². The van der Waals surface area contributed by atoms with Crippen molar-refractivity contribution in [1.29, 1.82) is 0 Å². The molecule has 2 aromatic rings. The Morgan fingerprint density at radius 3 is 2.60 bits per heavy atom. The molecule has 0 bridgehead atoms. The number of carbonyl (C=O) groups excluding carboxylic acids is 1. The van der Waals surface area contributed by atoms with E-state index in [1.807, 2.05) is 39.0 Å². The zero-order valence-electron chi connectivity index (χ0n) is 12.0. The molecule has 0 spiro atoms. The highest BCUT2D eigenvalue weighted by Gasteiger charge is 2.09. The van der Waals surface area contributed by atoms with E-state index in [9.17, 15) is 4.79 Å². The lowest BCUT2D eigenvalue weighted by Crippen LogP contribution is -2.13. The molecule has 1 amide bonds. The average molecular weight is 269 g/mol. The van der Waals surface area contributed by atoms with Crippen molar-refractivity contribution in [3.8, 4) is 0 Å². The van der Waals surface area contributed by atoms with Gasteiger partial charge in [-0.15, -0.1) is 0 Å². The molecule has 0 aliphatic heterocycles. The lowest BCUT2D eigenvalue weighted by molar-refractivity contribution is 0.102. The fraction of sp³-hybridized carbons (Fsp3) is 0.250. The van der Waals surface area contributed by atoms with E-state index in [2.05, 4.69) is 10.3 Å². The number of aryl methyl sites for hydroxylation is 3. The number of rotatable bonds is 3. The minimum atomic E-state index is -0.169. The van der Waals surface area contributed by atoms with Gasteiger partial charge in [0.2, 0.25) is 0 Å². The topological polar surface area (TPSA) is 68.0 Å². The van der Waals surface area contributed by atoms with Gasteiger partial charge in [-0.3, -0.25) is 4.79 Å². The first-order valence-electron chi connectivity index (χ1n) is 6.64. The van der Waals surface area contributed by atoms with Gasteiger partial charge in [-0.25, -0.2) is 4.98 Å². The smallest absolute Gasteiger partial charge is 0.255 e. The number of nitrogens with zero attached hydrogens (tertiary/aromatic N) is 1. The summed E-state index contributed by atoms with van der Waals surface area (Å²) in [7, 11) is 0. The number of hydrogen-bond acceptors (Lipinski definition) is 3. The molecule has 0 atom stereocenters. The van der Waals surface area contributed by atoms with Gasteiger partial charge in [0.15, 0.2) is 0 Å². The fourth-order valence-electron chi connectivity index (χ4n) is 1.95. The van der Waals surface area contributed by atoms with Crippen LogP contribution in [-0.2, 0) is 6.42 Å². The minimum Gasteiger partial charge on any atom is -0.384 e. The van der Waals surface area contributed by atoms with Crippen LogP contribution in [-0.4, -0.2) is 10.9 Å². The standard InChI is InChI=1S/C16H19N3O/c1-4-13-8-12(9-15(17)18-13)16(20)19-14-6-5-10(2)11(3)7-14/h5-9H,4H2,1-3H3,(H2,17,18)(H,19,20). The first kappa shape index (κ1) is 14.1. The Hall–Kier alpha value is -2.36. The molecule has 1 heterocycles. The highest BCUT2D eigenvalue weighted by Crippen LogP contribution is 2.16. The molecule has 0 aliphatic rings. The van der Waals surface area contributed by atoms with Crippen LogP contribution in [0.3, 0.4) is 0 Å². The Labute approximate surface area is 119 Å². The van der Waals surface area contributed by atoms with Crippen LogP contribution in [0.2, 0.25) is 0 Å². The third kappa shape index (κ3) is 3.15. The summed E-state index contributed by atoms with van der Waals surface area (Å²) in [5.74, 6) is 0.201. The third-order valence-corrected chi connectivity index (χ3v) is 3.29. The molecule has 20 heavy (non-hydrogen) atoms. The lowest BCUT2D eigenvalue weighted by atomic mass is 10.1. The largest absolute Gasteiger partial charge is 0.384 e. The molecule has 0 aliphatic carbocycles. The van der Waals surface area contributed by atoms with Crippen molar-refractivity contribution in [1.82, 2.24) is 4.98 Å². The van der Waals surface area contributed by atoms with E-state index in [0.29, 0.717) is 11.4 Å². The van der Waals surface area contributed by atoms with Gasteiger partial charge < -0.3 is 11.1 Å². The van der Waals surface area contributed by atoms with Gasteiger partial charge in [0.25, 0.3) is 5.91 Å². The highest BCUT2D eigenvalue weighted by molar-refractivity contribution is 6.04. The number of nitrogen functional groups attached to an aromatic ring is 1. The molecule has 1 aromatic carbocycles. The summed E-state index contributed by atoms with van der Waals surface area (Å²) in [6.07, 6.45) is 0.745. The Kier molecular flexibility index (Phi) is 4.03. The van der Waals surface area contributed by atoms with Crippen molar-refractivity contribution in [2.45, 2.75) is 27.2 Å². The maximum atomic E-state index is 12.2. The van der Waals surface area contributed by atoms with Crippen LogP contribution in [0.25, 0.3) is 0 Å². The van der Waals surface area contributed by atoms with E-state index in [1.165, 1.54) is 5.56 Å². The number of aromatic nitrogens is 1. The number of hydrogen-bond donors (Lipinski definition) is 2. The van der Waals surface area contributed by atoms with Gasteiger partial charge in [0, 0.05) is 16.9 Å². The quantitative estimate of drug-likeness (QED) is 0.899. The molecule has 4 heteroatoms. The highest BCUT2D eigenvalue weighted by atomic mass is 16.1. The molecule has 0 saturated carbocycles. The number of benzene rings is 1. The third-order valence-electron chi connectivity index (χ3n) is 3.29. The molecule has 0 unspecified atom stereocenters. The van der Waals surface area contributed by atoms with Gasteiger partial charge in [0.05, 0.1) is 0 Å². The molecule has 104 valence electrons. The summed E-state index contributed by atoms with van der Waals surface area (Å²) < 4.78 is 0. The zero-order chi connectivity index (χ0) is 14.7. The van der Waals surface area contributed by atoms with Crippen molar-refractivity contribution in [3.05, 3.63) is 52.7 Å². The van der Waals surface area contributed by atoms with E-state index >= 15 is 0 Å². The van der Waals surface area contributed by atoms with E-state index < -0.39 is 0 Å². The van der Waals surface area contributed by atoms with Crippen molar-refractivity contribution in [2.75, 3.05) is 11.1 Å². The molecular formula is C16H19N3O. The van der Waals surface area contributed by atoms with E-state index in [-0.39, 0.29) is 5.91 Å². The summed E-state index contributed by atoms with van der Waals surface area (Å²) in [5.41, 5.74) is 10.2. The molecule has 3 N–H and O–H groups in total. The monoisotopic (exact) mass is 269 g/mol. The second kappa shape index (κ2) is 5.74. The number of carbonyl (C=O) groups is 1. The van der Waals surface area contributed by atoms with Crippen LogP contribution < -0.4 is 11.1 Å². The van der Waals surface area contributed by atoms with Gasteiger partial charge in [-0.05, 0) is 55.7 Å². The first-order chi connectivity index (χ1) is 9.49. The molecule has 1 aromatic heterocycles. The van der Waals surface area contributed by atoms with E-state index in [1.54, 1.807) is 12.1 Å². The lowest BCUT2D eigenvalue weighted by Gasteiger charge is -2.09. The predicted octanol–water partition coefficient (Wildman–Crippen LogP) is 3.10. The molecule has 0 fully saturated rings. The fourth-order valence-corrected chi connectivity index (χ4v) is 1.95. The van der Waals surface area contributed by atoms with E-state index in [4.69, 9.17) is 5.73 Å². The van der Waals surface area contributed by atoms with Crippen molar-refractivity contribution in [3.63, 3.8) is 0 Å². The number of nitrogens with two attached hydrogens (primary N) is 1. The molecule has 4 nitrogen and oxygen atoms in total. The number of amides is 1. The van der Waals surface area contributed by atoms with Crippen LogP contribution in [0.1, 0.15) is 34.1 Å². The number of pyridine rings is 1. The Bertz CT molecular complexity index is 650. The summed E-state index contributed by atoms with van der Waals surface area (Å²) >= 11 is 0. The summed E-state index contributed by atoms with van der Waals surface area (Å²) in [5, 5.41) is 2.88. The second-order valence-corrected chi connectivity index (χ2v) is 4.88. The number of nitrogens with one attached hydrogen (secondary N) is 1. The summed E-state index contributed by atoms with van der Waals surface area (Å²) in [6.45, 7) is 6.04. The minimum absolute atomic E-state index is 0.169. The molecular weight excluding hydrogens is 250 g/mol. The normalized spacial score (nSPS) is 10.3. The average Bonchev–Trinajstić information content (AvgIpc) is 2.42.